The quantitative estimate of drug-likeness (QED) is 0.225. The molecule has 0 aromatic heterocycles. The van der Waals surface area contributed by atoms with Gasteiger partial charge >= 0.3 is 0 Å². The van der Waals surface area contributed by atoms with Crippen molar-refractivity contribution < 1.29 is 0 Å². The summed E-state index contributed by atoms with van der Waals surface area (Å²) >= 11 is 0. The van der Waals surface area contributed by atoms with E-state index in [1.54, 1.807) is 0 Å². The minimum absolute atomic E-state index is 0.942. The van der Waals surface area contributed by atoms with Crippen molar-refractivity contribution >= 4 is 23.2 Å². The van der Waals surface area contributed by atoms with Crippen LogP contribution in [0.5, 0.6) is 0 Å². The van der Waals surface area contributed by atoms with Crippen LogP contribution in [-0.2, 0) is 0 Å². The van der Waals surface area contributed by atoms with Crippen LogP contribution >= 0.6 is 7.26 Å². The molecule has 0 fully saturated rings. The summed E-state index contributed by atoms with van der Waals surface area (Å²) in [7, 11) is -1.87. The van der Waals surface area contributed by atoms with Gasteiger partial charge in [0.1, 0.15) is 23.2 Å². The van der Waals surface area contributed by atoms with Gasteiger partial charge in [-0.2, -0.15) is 0 Å². The van der Waals surface area contributed by atoms with Gasteiger partial charge in [-0.05, 0) is 92.4 Å². The van der Waals surface area contributed by atoms with Gasteiger partial charge in [-0.3, -0.25) is 0 Å². The van der Waals surface area contributed by atoms with Gasteiger partial charge in [0, 0.05) is 5.56 Å². The Bertz CT molecular complexity index is 1240. The first-order chi connectivity index (χ1) is 16.5. The Labute approximate surface area is 205 Å². The van der Waals surface area contributed by atoms with E-state index in [2.05, 4.69) is 149 Å². The summed E-state index contributed by atoms with van der Waals surface area (Å²) in [5.74, 6) is 6.94. The second-order valence-corrected chi connectivity index (χ2v) is 12.4. The summed E-state index contributed by atoms with van der Waals surface area (Å²) in [6.45, 7) is 8.61. The van der Waals surface area contributed by atoms with Gasteiger partial charge in [0.2, 0.25) is 0 Å². The molecule has 0 saturated heterocycles. The Balaban J connectivity index is 1.82. The van der Waals surface area contributed by atoms with E-state index < -0.39 is 7.26 Å². The molecule has 0 N–H and O–H groups in total. The lowest BCUT2D eigenvalue weighted by molar-refractivity contribution is 1.27. The third-order valence-electron chi connectivity index (χ3n) is 6.59. The van der Waals surface area contributed by atoms with Crippen molar-refractivity contribution in [2.75, 3.05) is 6.16 Å². The molecule has 0 unspecified atom stereocenters. The van der Waals surface area contributed by atoms with Crippen LogP contribution in [0.4, 0.5) is 0 Å². The third-order valence-corrected chi connectivity index (χ3v) is 10.9. The molecule has 0 saturated carbocycles. The highest BCUT2D eigenvalue weighted by Gasteiger charge is 2.44. The topological polar surface area (TPSA) is 0 Å². The van der Waals surface area contributed by atoms with Crippen LogP contribution < -0.4 is 15.9 Å². The second kappa shape index (κ2) is 10.7. The van der Waals surface area contributed by atoms with Crippen molar-refractivity contribution in [3.05, 3.63) is 137 Å². The average molecular weight is 460 g/mol. The number of benzene rings is 4. The van der Waals surface area contributed by atoms with E-state index in [0.29, 0.717) is 0 Å². The van der Waals surface area contributed by atoms with E-state index in [0.717, 1.165) is 17.3 Å². The standard InChI is InChI=1S/C33H32P/c1-26(20-23-33-28(3)22-21-27(2)29(33)4)24-25-34(30-14-8-5-9-15-30,31-16-10-6-11-17-31)32-18-12-7-13-19-32/h5-19,21-22,24H,25H2,1-4H3/q+1. The lowest BCUT2D eigenvalue weighted by Gasteiger charge is -2.26. The molecule has 4 aromatic carbocycles. The van der Waals surface area contributed by atoms with Crippen molar-refractivity contribution in [3.8, 4) is 11.8 Å². The summed E-state index contributed by atoms with van der Waals surface area (Å²) in [5.41, 5.74) is 6.08. The first kappa shape index (κ1) is 23.8. The highest BCUT2D eigenvalue weighted by molar-refractivity contribution is 7.95. The number of hydrogen-bond donors (Lipinski definition) is 0. The summed E-state index contributed by atoms with van der Waals surface area (Å²) in [6.07, 6.45) is 3.30. The van der Waals surface area contributed by atoms with Crippen molar-refractivity contribution in [1.29, 1.82) is 0 Å². The van der Waals surface area contributed by atoms with Crippen LogP contribution in [0.1, 0.15) is 29.2 Å². The molecule has 34 heavy (non-hydrogen) atoms. The Morgan fingerprint density at radius 1 is 0.647 bits per heavy atom. The van der Waals surface area contributed by atoms with E-state index in [1.807, 2.05) is 0 Å². The summed E-state index contributed by atoms with van der Waals surface area (Å²) in [4.78, 5) is 0. The molecule has 0 heterocycles. The molecule has 1 heteroatoms. The van der Waals surface area contributed by atoms with Crippen LogP contribution in [0.3, 0.4) is 0 Å². The maximum Gasteiger partial charge on any atom is 0.116 e. The van der Waals surface area contributed by atoms with Crippen LogP contribution in [0.25, 0.3) is 0 Å². The highest BCUT2D eigenvalue weighted by atomic mass is 31.2. The van der Waals surface area contributed by atoms with Gasteiger partial charge in [-0.25, -0.2) is 0 Å². The fourth-order valence-corrected chi connectivity index (χ4v) is 8.56. The highest BCUT2D eigenvalue weighted by Crippen LogP contribution is 2.55. The predicted octanol–water partition coefficient (Wildman–Crippen LogP) is 6.90. The van der Waals surface area contributed by atoms with E-state index in [1.165, 1.54) is 32.6 Å². The molecule has 0 atom stereocenters. The molecule has 0 bridgehead atoms. The van der Waals surface area contributed by atoms with E-state index in [4.69, 9.17) is 0 Å². The maximum atomic E-state index is 3.47. The first-order valence-corrected chi connectivity index (χ1v) is 13.8. The number of rotatable bonds is 5. The zero-order chi connectivity index (χ0) is 24.0. The smallest absolute Gasteiger partial charge is 0.0666 e. The molecule has 0 aliphatic rings. The van der Waals surface area contributed by atoms with Crippen molar-refractivity contribution in [2.45, 2.75) is 27.7 Å². The Morgan fingerprint density at radius 2 is 1.09 bits per heavy atom. The molecule has 0 spiro atoms. The van der Waals surface area contributed by atoms with Crippen molar-refractivity contribution in [1.82, 2.24) is 0 Å². The zero-order valence-corrected chi connectivity index (χ0v) is 21.4. The maximum absolute atomic E-state index is 3.47. The minimum Gasteiger partial charge on any atom is -0.0666 e. The van der Waals surface area contributed by atoms with E-state index in [9.17, 15) is 0 Å². The van der Waals surface area contributed by atoms with Gasteiger partial charge in [0.15, 0.2) is 0 Å². The van der Waals surface area contributed by atoms with Crippen LogP contribution in [0, 0.1) is 32.6 Å². The van der Waals surface area contributed by atoms with Crippen molar-refractivity contribution in [3.63, 3.8) is 0 Å². The van der Waals surface area contributed by atoms with Crippen LogP contribution in [-0.4, -0.2) is 6.16 Å². The average Bonchev–Trinajstić information content (AvgIpc) is 2.89. The summed E-state index contributed by atoms with van der Waals surface area (Å²) in [5, 5.41) is 4.19. The largest absolute Gasteiger partial charge is 0.116 e. The lowest BCUT2D eigenvalue weighted by Crippen LogP contribution is -2.33. The van der Waals surface area contributed by atoms with Gasteiger partial charge in [-0.15, -0.1) is 0 Å². The normalized spacial score (nSPS) is 11.6. The Kier molecular flexibility index (Phi) is 7.47. The predicted molar refractivity (Wildman–Crippen MR) is 151 cm³/mol. The SMILES string of the molecule is CC(C#Cc1c(C)ccc(C)c1C)=CC[P+](c1ccccc1)(c1ccccc1)c1ccccc1. The molecule has 0 aliphatic heterocycles. The second-order valence-electron chi connectivity index (χ2n) is 8.84. The molecular formula is C33H32P+. The molecule has 0 nitrogen and oxygen atoms in total. The monoisotopic (exact) mass is 459 g/mol. The molecule has 4 aromatic rings. The molecular weight excluding hydrogens is 427 g/mol. The molecule has 0 radical (unpaired) electrons. The lowest BCUT2D eigenvalue weighted by atomic mass is 9.98. The van der Waals surface area contributed by atoms with Crippen molar-refractivity contribution in [2.24, 2.45) is 0 Å². The number of allylic oxidation sites excluding steroid dienone is 2. The fourth-order valence-electron chi connectivity index (χ4n) is 4.44. The van der Waals surface area contributed by atoms with Gasteiger partial charge in [-0.1, -0.05) is 78.6 Å². The van der Waals surface area contributed by atoms with Gasteiger partial charge in [0.25, 0.3) is 0 Å². The molecule has 4 rings (SSSR count). The summed E-state index contributed by atoms with van der Waals surface area (Å²) < 4.78 is 0. The van der Waals surface area contributed by atoms with Crippen LogP contribution in [0.2, 0.25) is 0 Å². The zero-order valence-electron chi connectivity index (χ0n) is 20.5. The Morgan fingerprint density at radius 3 is 1.56 bits per heavy atom. The third kappa shape index (κ3) is 4.92. The number of aryl methyl sites for hydroxylation is 2. The minimum atomic E-state index is -1.87. The van der Waals surface area contributed by atoms with E-state index in [-0.39, 0.29) is 0 Å². The molecule has 0 aliphatic carbocycles. The van der Waals surface area contributed by atoms with Gasteiger partial charge in [0.05, 0.1) is 6.16 Å². The van der Waals surface area contributed by atoms with E-state index >= 15 is 0 Å². The number of hydrogen-bond acceptors (Lipinski definition) is 0. The van der Waals surface area contributed by atoms with Gasteiger partial charge < -0.3 is 0 Å². The summed E-state index contributed by atoms with van der Waals surface area (Å²) in [6, 6.07) is 37.4. The molecule has 168 valence electrons. The Hall–Kier alpha value is -3.39. The van der Waals surface area contributed by atoms with Crippen LogP contribution in [0.15, 0.2) is 115 Å². The first-order valence-electron chi connectivity index (χ1n) is 11.8. The fraction of sp³-hybridized carbons (Fsp3) is 0.152. The molecule has 0 amide bonds.